The van der Waals surface area contributed by atoms with Crippen LogP contribution in [0.5, 0.6) is 0 Å². The number of rotatable bonds is 6. The van der Waals surface area contributed by atoms with Crippen molar-refractivity contribution >= 4 is 27.4 Å². The second-order valence-electron chi connectivity index (χ2n) is 6.77. The molecule has 1 saturated carbocycles. The molecule has 0 saturated heterocycles. The van der Waals surface area contributed by atoms with Crippen LogP contribution in [0.15, 0.2) is 59.5 Å². The molecule has 6 nitrogen and oxygen atoms in total. The fraction of sp³-hybridized carbons (Fsp3) is 0.333. The molecular formula is C21H23NO5S. The van der Waals surface area contributed by atoms with Crippen molar-refractivity contribution in [3.05, 3.63) is 60.2 Å². The van der Waals surface area contributed by atoms with Gasteiger partial charge in [-0.3, -0.25) is 4.79 Å². The largest absolute Gasteiger partial charge is 0.462 e. The van der Waals surface area contributed by atoms with Crippen LogP contribution < -0.4 is 5.32 Å². The predicted octanol–water partition coefficient (Wildman–Crippen LogP) is 3.59. The van der Waals surface area contributed by atoms with Crippen molar-refractivity contribution in [2.45, 2.75) is 42.2 Å². The molecule has 0 heterocycles. The van der Waals surface area contributed by atoms with Crippen molar-refractivity contribution in [1.29, 1.82) is 0 Å². The van der Waals surface area contributed by atoms with Gasteiger partial charge in [0.1, 0.15) is 0 Å². The van der Waals surface area contributed by atoms with Crippen LogP contribution in [-0.2, 0) is 19.4 Å². The van der Waals surface area contributed by atoms with Crippen LogP contribution in [0.3, 0.4) is 0 Å². The lowest BCUT2D eigenvalue weighted by Crippen LogP contribution is -2.47. The summed E-state index contributed by atoms with van der Waals surface area (Å²) in [6.45, 7) is 2.00. The van der Waals surface area contributed by atoms with Gasteiger partial charge in [0.2, 0.25) is 5.91 Å². The third kappa shape index (κ3) is 3.67. The second kappa shape index (κ2) is 8.14. The molecule has 148 valence electrons. The number of sulfone groups is 1. The number of carbonyl (C=O) groups is 2. The summed E-state index contributed by atoms with van der Waals surface area (Å²) >= 11 is 0. The van der Waals surface area contributed by atoms with Crippen molar-refractivity contribution in [2.24, 2.45) is 0 Å². The van der Waals surface area contributed by atoms with E-state index in [1.54, 1.807) is 49.4 Å². The van der Waals surface area contributed by atoms with Crippen molar-refractivity contribution < 1.29 is 22.7 Å². The van der Waals surface area contributed by atoms with E-state index in [-0.39, 0.29) is 24.3 Å². The summed E-state index contributed by atoms with van der Waals surface area (Å²) < 4.78 is 30.0. The van der Waals surface area contributed by atoms with Crippen LogP contribution in [-0.4, -0.2) is 31.6 Å². The smallest absolute Gasteiger partial charge is 0.338 e. The monoisotopic (exact) mass is 401 g/mol. The third-order valence-corrected chi connectivity index (χ3v) is 7.56. The first-order valence-corrected chi connectivity index (χ1v) is 10.8. The van der Waals surface area contributed by atoms with Crippen molar-refractivity contribution in [3.8, 4) is 0 Å². The van der Waals surface area contributed by atoms with Gasteiger partial charge in [-0.25, -0.2) is 13.2 Å². The Kier molecular flexibility index (Phi) is 5.84. The maximum absolute atomic E-state index is 13.3. The zero-order valence-electron chi connectivity index (χ0n) is 15.7. The molecule has 1 N–H and O–H groups in total. The molecule has 0 aliphatic heterocycles. The molecule has 0 spiro atoms. The van der Waals surface area contributed by atoms with E-state index >= 15 is 0 Å². The second-order valence-corrected chi connectivity index (χ2v) is 9.03. The number of carbonyl (C=O) groups excluding carboxylic acids is 2. The number of hydrogen-bond donors (Lipinski definition) is 1. The maximum atomic E-state index is 13.3. The Bertz CT molecular complexity index is 946. The first-order valence-electron chi connectivity index (χ1n) is 9.29. The van der Waals surface area contributed by atoms with Gasteiger partial charge in [-0.05, 0) is 56.2 Å². The van der Waals surface area contributed by atoms with Gasteiger partial charge < -0.3 is 10.1 Å². The number of hydrogen-bond acceptors (Lipinski definition) is 5. The van der Waals surface area contributed by atoms with E-state index in [0.29, 0.717) is 24.1 Å². The van der Waals surface area contributed by atoms with E-state index in [1.807, 2.05) is 0 Å². The zero-order valence-corrected chi connectivity index (χ0v) is 16.5. The van der Waals surface area contributed by atoms with E-state index in [0.717, 1.165) is 0 Å². The lowest BCUT2D eigenvalue weighted by molar-refractivity contribution is -0.118. The van der Waals surface area contributed by atoms with Gasteiger partial charge in [0.25, 0.3) is 0 Å². The topological polar surface area (TPSA) is 89.5 Å². The summed E-state index contributed by atoms with van der Waals surface area (Å²) in [6.07, 6.45) is 1.94. The third-order valence-electron chi connectivity index (χ3n) is 5.05. The van der Waals surface area contributed by atoms with Crippen molar-refractivity contribution in [3.63, 3.8) is 0 Å². The van der Waals surface area contributed by atoms with E-state index < -0.39 is 26.5 Å². The van der Waals surface area contributed by atoms with Crippen LogP contribution >= 0.6 is 0 Å². The highest BCUT2D eigenvalue weighted by molar-refractivity contribution is 7.93. The van der Waals surface area contributed by atoms with Gasteiger partial charge in [-0.15, -0.1) is 0 Å². The molecule has 2 aromatic carbocycles. The SMILES string of the molecule is CCOC(=O)c1ccc(NC(=O)C2(S(=O)(=O)c3ccccc3)CCCC2)cc1. The normalized spacial score (nSPS) is 15.8. The summed E-state index contributed by atoms with van der Waals surface area (Å²) in [4.78, 5) is 25.0. The average Bonchev–Trinajstić information content (AvgIpc) is 3.21. The first kappa shape index (κ1) is 20.1. The molecule has 3 rings (SSSR count). The lowest BCUT2D eigenvalue weighted by atomic mass is 10.1. The Labute approximate surface area is 164 Å². The Morgan fingerprint density at radius 2 is 1.61 bits per heavy atom. The highest BCUT2D eigenvalue weighted by Gasteiger charge is 2.52. The van der Waals surface area contributed by atoms with E-state index in [4.69, 9.17) is 4.74 Å². The van der Waals surface area contributed by atoms with Crippen LogP contribution in [0.2, 0.25) is 0 Å². The first-order chi connectivity index (χ1) is 13.4. The van der Waals surface area contributed by atoms with Crippen LogP contribution in [0.25, 0.3) is 0 Å². The quantitative estimate of drug-likeness (QED) is 0.747. The molecule has 0 unspecified atom stereocenters. The predicted molar refractivity (Wildman–Crippen MR) is 106 cm³/mol. The Balaban J connectivity index is 1.85. The highest BCUT2D eigenvalue weighted by Crippen LogP contribution is 2.41. The molecular weight excluding hydrogens is 378 g/mol. The molecule has 1 aliphatic carbocycles. The molecule has 1 amide bonds. The lowest BCUT2D eigenvalue weighted by Gasteiger charge is -2.27. The van der Waals surface area contributed by atoms with Gasteiger partial charge in [-0.2, -0.15) is 0 Å². The molecule has 1 aliphatic rings. The molecule has 2 aromatic rings. The molecule has 0 atom stereocenters. The van der Waals surface area contributed by atoms with Crippen LogP contribution in [0.1, 0.15) is 43.0 Å². The molecule has 0 radical (unpaired) electrons. The van der Waals surface area contributed by atoms with Gasteiger partial charge in [0.05, 0.1) is 17.1 Å². The summed E-state index contributed by atoms with van der Waals surface area (Å²) in [5.41, 5.74) is 0.805. The minimum atomic E-state index is -3.83. The molecule has 7 heteroatoms. The molecule has 0 aromatic heterocycles. The van der Waals surface area contributed by atoms with Crippen molar-refractivity contribution in [1.82, 2.24) is 0 Å². The van der Waals surface area contributed by atoms with Crippen molar-refractivity contribution in [2.75, 3.05) is 11.9 Å². The Morgan fingerprint density at radius 3 is 2.18 bits per heavy atom. The molecule has 28 heavy (non-hydrogen) atoms. The van der Waals surface area contributed by atoms with E-state index in [9.17, 15) is 18.0 Å². The minimum absolute atomic E-state index is 0.157. The summed E-state index contributed by atoms with van der Waals surface area (Å²) in [7, 11) is -3.83. The number of nitrogens with one attached hydrogen (secondary N) is 1. The zero-order chi connectivity index (χ0) is 20.2. The van der Waals surface area contributed by atoms with Gasteiger partial charge >= 0.3 is 5.97 Å². The average molecular weight is 401 g/mol. The number of amides is 1. The number of ether oxygens (including phenoxy) is 1. The number of esters is 1. The van der Waals surface area contributed by atoms with Crippen LogP contribution in [0.4, 0.5) is 5.69 Å². The maximum Gasteiger partial charge on any atom is 0.338 e. The highest BCUT2D eigenvalue weighted by atomic mass is 32.2. The fourth-order valence-electron chi connectivity index (χ4n) is 3.54. The van der Waals surface area contributed by atoms with Gasteiger partial charge in [-0.1, -0.05) is 31.0 Å². The van der Waals surface area contributed by atoms with E-state index in [2.05, 4.69) is 5.32 Å². The summed E-state index contributed by atoms with van der Waals surface area (Å²) in [5.74, 6) is -0.975. The molecule has 1 fully saturated rings. The fourth-order valence-corrected chi connectivity index (χ4v) is 5.63. The number of anilines is 1. The molecule has 0 bridgehead atoms. The van der Waals surface area contributed by atoms with Gasteiger partial charge in [0, 0.05) is 5.69 Å². The van der Waals surface area contributed by atoms with E-state index in [1.165, 1.54) is 12.1 Å². The summed E-state index contributed by atoms with van der Waals surface area (Å²) in [6, 6.07) is 14.3. The van der Waals surface area contributed by atoms with Crippen LogP contribution in [0, 0.1) is 0 Å². The van der Waals surface area contributed by atoms with Gasteiger partial charge in [0.15, 0.2) is 14.6 Å². The standard InChI is InChI=1S/C21H23NO5S/c1-2-27-19(23)16-10-12-17(13-11-16)22-20(24)21(14-6-7-15-21)28(25,26)18-8-4-3-5-9-18/h3-5,8-13H,2,6-7,14-15H2,1H3,(H,22,24). The minimum Gasteiger partial charge on any atom is -0.462 e. The Morgan fingerprint density at radius 1 is 1.00 bits per heavy atom. The Hall–Kier alpha value is -2.67. The number of benzene rings is 2. The summed E-state index contributed by atoms with van der Waals surface area (Å²) in [5, 5.41) is 2.73.